The SMILES string of the molecule is CC(=O)NC1CCOC(c2ccc(C)cc2)C1. The highest BCUT2D eigenvalue weighted by atomic mass is 16.5. The summed E-state index contributed by atoms with van der Waals surface area (Å²) in [5.74, 6) is 0.0413. The van der Waals surface area contributed by atoms with Crippen LogP contribution in [-0.4, -0.2) is 18.6 Å². The molecule has 3 heteroatoms. The van der Waals surface area contributed by atoms with E-state index in [2.05, 4.69) is 36.5 Å². The van der Waals surface area contributed by atoms with Crippen LogP contribution in [0.25, 0.3) is 0 Å². The van der Waals surface area contributed by atoms with Gasteiger partial charge >= 0.3 is 0 Å². The van der Waals surface area contributed by atoms with Crippen molar-refractivity contribution in [2.75, 3.05) is 6.61 Å². The summed E-state index contributed by atoms with van der Waals surface area (Å²) in [5.41, 5.74) is 2.45. The third kappa shape index (κ3) is 3.30. The summed E-state index contributed by atoms with van der Waals surface area (Å²) in [7, 11) is 0. The monoisotopic (exact) mass is 233 g/mol. The molecule has 0 radical (unpaired) electrons. The standard InChI is InChI=1S/C14H19NO2/c1-10-3-5-12(6-4-10)14-9-13(7-8-17-14)15-11(2)16/h3-6,13-14H,7-9H2,1-2H3,(H,15,16). The predicted octanol–water partition coefficient (Wildman–Crippen LogP) is 2.35. The molecule has 0 saturated carbocycles. The molecule has 0 aromatic heterocycles. The highest BCUT2D eigenvalue weighted by molar-refractivity contribution is 5.73. The Labute approximate surface area is 102 Å². The Bertz CT molecular complexity index is 386. The van der Waals surface area contributed by atoms with Crippen molar-refractivity contribution in [3.8, 4) is 0 Å². The molecule has 1 aromatic carbocycles. The number of aryl methyl sites for hydroxylation is 1. The van der Waals surface area contributed by atoms with Crippen LogP contribution in [0.5, 0.6) is 0 Å². The smallest absolute Gasteiger partial charge is 0.217 e. The third-order valence-electron chi connectivity index (χ3n) is 3.14. The molecule has 17 heavy (non-hydrogen) atoms. The highest BCUT2D eigenvalue weighted by Crippen LogP contribution is 2.28. The predicted molar refractivity (Wildman–Crippen MR) is 66.7 cm³/mol. The molecule has 1 aromatic rings. The molecule has 3 nitrogen and oxygen atoms in total. The van der Waals surface area contributed by atoms with Crippen LogP contribution in [0.15, 0.2) is 24.3 Å². The van der Waals surface area contributed by atoms with Crippen LogP contribution in [0.2, 0.25) is 0 Å². The maximum Gasteiger partial charge on any atom is 0.217 e. The van der Waals surface area contributed by atoms with E-state index in [1.807, 2.05) is 0 Å². The summed E-state index contributed by atoms with van der Waals surface area (Å²) in [4.78, 5) is 11.0. The highest BCUT2D eigenvalue weighted by Gasteiger charge is 2.24. The zero-order valence-electron chi connectivity index (χ0n) is 10.4. The number of carbonyl (C=O) groups excluding carboxylic acids is 1. The zero-order valence-corrected chi connectivity index (χ0v) is 10.4. The Hall–Kier alpha value is -1.35. The Kier molecular flexibility index (Phi) is 3.79. The van der Waals surface area contributed by atoms with Crippen LogP contribution in [0.4, 0.5) is 0 Å². The molecule has 1 aliphatic heterocycles. The first-order valence-corrected chi connectivity index (χ1v) is 6.10. The Morgan fingerprint density at radius 2 is 2.06 bits per heavy atom. The average molecular weight is 233 g/mol. The second-order valence-corrected chi connectivity index (χ2v) is 4.69. The van der Waals surface area contributed by atoms with Crippen molar-refractivity contribution in [1.29, 1.82) is 0 Å². The lowest BCUT2D eigenvalue weighted by molar-refractivity contribution is -0.120. The van der Waals surface area contributed by atoms with Crippen LogP contribution in [0, 0.1) is 6.92 Å². The third-order valence-corrected chi connectivity index (χ3v) is 3.14. The molecule has 1 saturated heterocycles. The number of benzene rings is 1. The summed E-state index contributed by atoms with van der Waals surface area (Å²) in [5, 5.41) is 2.97. The Balaban J connectivity index is 2.01. The van der Waals surface area contributed by atoms with Gasteiger partial charge in [-0.15, -0.1) is 0 Å². The van der Waals surface area contributed by atoms with E-state index in [1.165, 1.54) is 11.1 Å². The molecule has 1 N–H and O–H groups in total. The first kappa shape index (κ1) is 12.1. The first-order chi connectivity index (χ1) is 8.15. The van der Waals surface area contributed by atoms with Gasteiger partial charge in [-0.1, -0.05) is 29.8 Å². The molecule has 2 atom stereocenters. The van der Waals surface area contributed by atoms with Crippen molar-refractivity contribution < 1.29 is 9.53 Å². The van der Waals surface area contributed by atoms with Gasteiger partial charge in [0.15, 0.2) is 0 Å². The van der Waals surface area contributed by atoms with Crippen molar-refractivity contribution in [3.63, 3.8) is 0 Å². The van der Waals surface area contributed by atoms with E-state index < -0.39 is 0 Å². The summed E-state index contributed by atoms with van der Waals surface area (Å²) in [6.07, 6.45) is 1.88. The number of carbonyl (C=O) groups is 1. The lowest BCUT2D eigenvalue weighted by Gasteiger charge is -2.30. The molecule has 0 bridgehead atoms. The quantitative estimate of drug-likeness (QED) is 0.851. The minimum atomic E-state index is 0.0413. The molecule has 2 unspecified atom stereocenters. The maximum atomic E-state index is 11.0. The second-order valence-electron chi connectivity index (χ2n) is 4.69. The van der Waals surface area contributed by atoms with E-state index in [-0.39, 0.29) is 18.1 Å². The molecule has 1 amide bonds. The maximum absolute atomic E-state index is 11.0. The van der Waals surface area contributed by atoms with Crippen molar-refractivity contribution in [2.45, 2.75) is 38.8 Å². The second kappa shape index (κ2) is 5.32. The number of ether oxygens (including phenoxy) is 1. The molecule has 0 spiro atoms. The van der Waals surface area contributed by atoms with Crippen LogP contribution in [-0.2, 0) is 9.53 Å². The van der Waals surface area contributed by atoms with Crippen LogP contribution in [0.3, 0.4) is 0 Å². The van der Waals surface area contributed by atoms with Gasteiger partial charge in [-0.25, -0.2) is 0 Å². The Morgan fingerprint density at radius 3 is 2.71 bits per heavy atom. The van der Waals surface area contributed by atoms with Gasteiger partial charge in [0.1, 0.15) is 0 Å². The minimum absolute atomic E-state index is 0.0413. The first-order valence-electron chi connectivity index (χ1n) is 6.10. The fourth-order valence-corrected chi connectivity index (χ4v) is 2.23. The number of hydrogen-bond acceptors (Lipinski definition) is 2. The van der Waals surface area contributed by atoms with E-state index in [9.17, 15) is 4.79 Å². The Morgan fingerprint density at radius 1 is 1.35 bits per heavy atom. The fraction of sp³-hybridized carbons (Fsp3) is 0.500. The van der Waals surface area contributed by atoms with Crippen LogP contribution < -0.4 is 5.32 Å². The molecular weight excluding hydrogens is 214 g/mol. The van der Waals surface area contributed by atoms with Crippen molar-refractivity contribution in [1.82, 2.24) is 5.32 Å². The van der Waals surface area contributed by atoms with Crippen LogP contribution in [0.1, 0.15) is 37.0 Å². The van der Waals surface area contributed by atoms with E-state index in [1.54, 1.807) is 6.92 Å². The molecule has 92 valence electrons. The molecule has 2 rings (SSSR count). The molecule has 1 fully saturated rings. The van der Waals surface area contributed by atoms with Gasteiger partial charge in [0.2, 0.25) is 5.91 Å². The van der Waals surface area contributed by atoms with Gasteiger partial charge in [-0.3, -0.25) is 4.79 Å². The van der Waals surface area contributed by atoms with E-state index in [4.69, 9.17) is 4.74 Å². The van der Waals surface area contributed by atoms with Crippen molar-refractivity contribution in [2.24, 2.45) is 0 Å². The van der Waals surface area contributed by atoms with E-state index in [0.717, 1.165) is 12.8 Å². The number of amides is 1. The van der Waals surface area contributed by atoms with Crippen molar-refractivity contribution in [3.05, 3.63) is 35.4 Å². The lowest BCUT2D eigenvalue weighted by Crippen LogP contribution is -2.38. The molecule has 1 aliphatic rings. The molecule has 0 aliphatic carbocycles. The van der Waals surface area contributed by atoms with E-state index in [0.29, 0.717) is 6.61 Å². The largest absolute Gasteiger partial charge is 0.373 e. The van der Waals surface area contributed by atoms with Gasteiger partial charge in [0, 0.05) is 19.6 Å². The van der Waals surface area contributed by atoms with Gasteiger partial charge in [0.05, 0.1) is 6.10 Å². The normalized spacial score (nSPS) is 24.4. The summed E-state index contributed by atoms with van der Waals surface area (Å²) in [6, 6.07) is 8.65. The van der Waals surface area contributed by atoms with Gasteiger partial charge in [-0.05, 0) is 25.3 Å². The topological polar surface area (TPSA) is 38.3 Å². The number of hydrogen-bond donors (Lipinski definition) is 1. The van der Waals surface area contributed by atoms with E-state index >= 15 is 0 Å². The number of rotatable bonds is 2. The average Bonchev–Trinajstić information content (AvgIpc) is 2.29. The summed E-state index contributed by atoms with van der Waals surface area (Å²) >= 11 is 0. The van der Waals surface area contributed by atoms with Crippen LogP contribution >= 0.6 is 0 Å². The lowest BCUT2D eigenvalue weighted by atomic mass is 9.97. The van der Waals surface area contributed by atoms with Crippen molar-refractivity contribution >= 4 is 5.91 Å². The van der Waals surface area contributed by atoms with Gasteiger partial charge < -0.3 is 10.1 Å². The fourth-order valence-electron chi connectivity index (χ4n) is 2.23. The van der Waals surface area contributed by atoms with Gasteiger partial charge in [-0.2, -0.15) is 0 Å². The number of nitrogens with one attached hydrogen (secondary N) is 1. The molecule has 1 heterocycles. The summed E-state index contributed by atoms with van der Waals surface area (Å²) in [6.45, 7) is 4.35. The molecular formula is C14H19NO2. The minimum Gasteiger partial charge on any atom is -0.373 e. The van der Waals surface area contributed by atoms with Gasteiger partial charge in [0.25, 0.3) is 0 Å². The zero-order chi connectivity index (χ0) is 12.3. The summed E-state index contributed by atoms with van der Waals surface area (Å²) < 4.78 is 5.76.